The second kappa shape index (κ2) is 7.95. The molecular weight excluding hydrogens is 258 g/mol. The molecule has 2 aromatic rings. The summed E-state index contributed by atoms with van der Waals surface area (Å²) in [5.74, 6) is 0.862. The first kappa shape index (κ1) is 14.9. The minimum absolute atomic E-state index is 0.219. The molecule has 1 unspecified atom stereocenters. The minimum Gasteiger partial charge on any atom is -0.497 e. The van der Waals surface area contributed by atoms with Crippen molar-refractivity contribution in [2.45, 2.75) is 12.5 Å². The van der Waals surface area contributed by atoms with Gasteiger partial charge in [0, 0.05) is 11.7 Å². The number of nitrogens with one attached hydrogen (secondary N) is 1. The third-order valence-electron chi connectivity index (χ3n) is 3.18. The maximum Gasteiger partial charge on any atom is 0.119 e. The molecule has 2 rings (SSSR count). The number of ether oxygens (including phenoxy) is 1. The molecule has 0 spiro atoms. The topological polar surface area (TPSA) is 21.3 Å². The van der Waals surface area contributed by atoms with E-state index < -0.39 is 0 Å². The number of hydrogen-bond donors (Lipinski definition) is 1. The lowest BCUT2D eigenvalue weighted by Crippen LogP contribution is -2.15. The maximum absolute atomic E-state index is 5.17. The quantitative estimate of drug-likeness (QED) is 0.737. The first-order valence-electron chi connectivity index (χ1n) is 7.06. The highest BCUT2D eigenvalue weighted by Gasteiger charge is 2.02. The van der Waals surface area contributed by atoms with Gasteiger partial charge in [-0.15, -0.1) is 6.58 Å². The Kier molecular flexibility index (Phi) is 5.65. The summed E-state index contributed by atoms with van der Waals surface area (Å²) >= 11 is 0. The summed E-state index contributed by atoms with van der Waals surface area (Å²) in [6, 6.07) is 18.4. The molecule has 0 amide bonds. The lowest BCUT2D eigenvalue weighted by atomic mass is 10.1. The second-order valence-corrected chi connectivity index (χ2v) is 4.77. The number of hydrogen-bond acceptors (Lipinski definition) is 2. The fourth-order valence-corrected chi connectivity index (χ4v) is 2.06. The molecule has 0 aliphatic rings. The number of rotatable bonds is 7. The van der Waals surface area contributed by atoms with E-state index >= 15 is 0 Å². The molecule has 1 atom stereocenters. The highest BCUT2D eigenvalue weighted by Crippen LogP contribution is 2.17. The van der Waals surface area contributed by atoms with E-state index in [0.29, 0.717) is 0 Å². The van der Waals surface area contributed by atoms with Crippen LogP contribution in [0.5, 0.6) is 5.75 Å². The summed E-state index contributed by atoms with van der Waals surface area (Å²) in [4.78, 5) is 0. The maximum atomic E-state index is 5.17. The van der Waals surface area contributed by atoms with Crippen molar-refractivity contribution in [1.82, 2.24) is 0 Å². The molecule has 0 aliphatic carbocycles. The lowest BCUT2D eigenvalue weighted by Gasteiger charge is -2.15. The van der Waals surface area contributed by atoms with Gasteiger partial charge in [0.25, 0.3) is 0 Å². The van der Waals surface area contributed by atoms with E-state index in [9.17, 15) is 0 Å². The summed E-state index contributed by atoms with van der Waals surface area (Å²) < 4.78 is 5.17. The van der Waals surface area contributed by atoms with Gasteiger partial charge in [-0.05, 0) is 36.2 Å². The Labute approximate surface area is 126 Å². The van der Waals surface area contributed by atoms with E-state index in [1.807, 2.05) is 48.5 Å². The fourth-order valence-electron chi connectivity index (χ4n) is 2.06. The van der Waals surface area contributed by atoms with E-state index in [-0.39, 0.29) is 6.04 Å². The van der Waals surface area contributed by atoms with Crippen LogP contribution in [0.15, 0.2) is 73.3 Å². The van der Waals surface area contributed by atoms with Crippen molar-refractivity contribution >= 4 is 11.8 Å². The molecule has 21 heavy (non-hydrogen) atoms. The van der Waals surface area contributed by atoms with Crippen LogP contribution in [0, 0.1) is 0 Å². The average Bonchev–Trinajstić information content (AvgIpc) is 2.54. The minimum atomic E-state index is 0.219. The van der Waals surface area contributed by atoms with E-state index in [4.69, 9.17) is 4.74 Å². The van der Waals surface area contributed by atoms with Gasteiger partial charge < -0.3 is 10.1 Å². The molecule has 0 saturated heterocycles. The smallest absolute Gasteiger partial charge is 0.119 e. The largest absolute Gasteiger partial charge is 0.497 e. The van der Waals surface area contributed by atoms with Crippen LogP contribution in [0.4, 0.5) is 5.69 Å². The third kappa shape index (κ3) is 4.84. The molecule has 0 saturated carbocycles. The van der Waals surface area contributed by atoms with Crippen LogP contribution in [0.3, 0.4) is 0 Å². The Bertz CT molecular complexity index is 572. The van der Waals surface area contributed by atoms with Crippen LogP contribution in [-0.4, -0.2) is 13.2 Å². The Balaban J connectivity index is 2.04. The van der Waals surface area contributed by atoms with Gasteiger partial charge in [0.1, 0.15) is 5.75 Å². The zero-order valence-corrected chi connectivity index (χ0v) is 12.3. The first-order chi connectivity index (χ1) is 10.3. The SMILES string of the molecule is C=CCC(/C=C/c1ccccc1)Nc1ccc(OC)cc1. The Morgan fingerprint density at radius 3 is 2.43 bits per heavy atom. The molecule has 0 heterocycles. The number of methoxy groups -OCH3 is 1. The van der Waals surface area contributed by atoms with Gasteiger partial charge in [0.15, 0.2) is 0 Å². The van der Waals surface area contributed by atoms with Crippen molar-refractivity contribution in [2.75, 3.05) is 12.4 Å². The van der Waals surface area contributed by atoms with E-state index in [2.05, 4.69) is 36.2 Å². The van der Waals surface area contributed by atoms with Gasteiger partial charge in [-0.3, -0.25) is 0 Å². The summed E-state index contributed by atoms with van der Waals surface area (Å²) in [6.07, 6.45) is 7.10. The first-order valence-corrected chi connectivity index (χ1v) is 7.06. The highest BCUT2D eigenvalue weighted by molar-refractivity contribution is 5.53. The van der Waals surface area contributed by atoms with E-state index in [1.165, 1.54) is 5.56 Å². The fraction of sp³-hybridized carbons (Fsp3) is 0.158. The second-order valence-electron chi connectivity index (χ2n) is 4.77. The van der Waals surface area contributed by atoms with Crippen LogP contribution in [0.2, 0.25) is 0 Å². The van der Waals surface area contributed by atoms with Crippen molar-refractivity contribution in [3.05, 3.63) is 78.9 Å². The molecule has 2 aromatic carbocycles. The molecule has 0 aliphatic heterocycles. The van der Waals surface area contributed by atoms with Crippen molar-refractivity contribution in [3.63, 3.8) is 0 Å². The zero-order chi connectivity index (χ0) is 14.9. The summed E-state index contributed by atoms with van der Waals surface area (Å²) in [5.41, 5.74) is 2.27. The van der Waals surface area contributed by atoms with Gasteiger partial charge >= 0.3 is 0 Å². The normalized spacial score (nSPS) is 12.0. The summed E-state index contributed by atoms with van der Waals surface area (Å²) in [5, 5.41) is 3.49. The van der Waals surface area contributed by atoms with Gasteiger partial charge in [-0.25, -0.2) is 0 Å². The van der Waals surface area contributed by atoms with Crippen molar-refractivity contribution in [1.29, 1.82) is 0 Å². The monoisotopic (exact) mass is 279 g/mol. The summed E-state index contributed by atoms with van der Waals surface area (Å²) in [6.45, 7) is 3.83. The standard InChI is InChI=1S/C19H21NO/c1-3-7-17(11-10-16-8-5-4-6-9-16)20-18-12-14-19(21-2)15-13-18/h3-6,8-15,17,20H,1,7H2,2H3/b11-10+. The molecule has 0 aromatic heterocycles. The molecule has 0 fully saturated rings. The van der Waals surface area contributed by atoms with E-state index in [1.54, 1.807) is 7.11 Å². The van der Waals surface area contributed by atoms with Gasteiger partial charge in [0.05, 0.1) is 7.11 Å². The van der Waals surface area contributed by atoms with Gasteiger partial charge in [-0.2, -0.15) is 0 Å². The van der Waals surface area contributed by atoms with Crippen molar-refractivity contribution in [2.24, 2.45) is 0 Å². The van der Waals surface area contributed by atoms with Crippen molar-refractivity contribution in [3.8, 4) is 5.75 Å². The zero-order valence-electron chi connectivity index (χ0n) is 12.3. The third-order valence-corrected chi connectivity index (χ3v) is 3.18. The Hall–Kier alpha value is -2.48. The molecule has 0 radical (unpaired) electrons. The van der Waals surface area contributed by atoms with Crippen LogP contribution in [0.1, 0.15) is 12.0 Å². The van der Waals surface area contributed by atoms with Crippen LogP contribution < -0.4 is 10.1 Å². The predicted octanol–water partition coefficient (Wildman–Crippen LogP) is 4.77. The molecular formula is C19H21NO. The van der Waals surface area contributed by atoms with Crippen molar-refractivity contribution < 1.29 is 4.74 Å². The molecule has 1 N–H and O–H groups in total. The average molecular weight is 279 g/mol. The lowest BCUT2D eigenvalue weighted by molar-refractivity contribution is 0.415. The molecule has 2 nitrogen and oxygen atoms in total. The predicted molar refractivity (Wildman–Crippen MR) is 90.7 cm³/mol. The summed E-state index contributed by atoms with van der Waals surface area (Å²) in [7, 11) is 1.67. The highest BCUT2D eigenvalue weighted by atomic mass is 16.5. The van der Waals surface area contributed by atoms with Crippen LogP contribution in [-0.2, 0) is 0 Å². The van der Waals surface area contributed by atoms with Crippen LogP contribution in [0.25, 0.3) is 6.08 Å². The van der Waals surface area contributed by atoms with Crippen LogP contribution >= 0.6 is 0 Å². The van der Waals surface area contributed by atoms with Gasteiger partial charge in [0.2, 0.25) is 0 Å². The molecule has 2 heteroatoms. The number of anilines is 1. The van der Waals surface area contributed by atoms with E-state index in [0.717, 1.165) is 17.9 Å². The number of benzene rings is 2. The Morgan fingerprint density at radius 2 is 1.81 bits per heavy atom. The van der Waals surface area contributed by atoms with Gasteiger partial charge in [-0.1, -0.05) is 48.6 Å². The Morgan fingerprint density at radius 1 is 1.10 bits per heavy atom. The molecule has 108 valence electrons. The molecule has 0 bridgehead atoms.